The molecule has 3 rings (SSSR count). The summed E-state index contributed by atoms with van der Waals surface area (Å²) in [5.74, 6) is 0.357. The van der Waals surface area contributed by atoms with Crippen LogP contribution in [0, 0.1) is 12.1 Å². The molecule has 24 heavy (non-hydrogen) atoms. The summed E-state index contributed by atoms with van der Waals surface area (Å²) in [7, 11) is 0. The SMILES string of the molecule is CC(C)Cn1[c]c(-c2ccccc2)c2cc(C(N)=S)ccc2c1=O. The molecule has 2 N–H and O–H groups in total. The van der Waals surface area contributed by atoms with Gasteiger partial charge >= 0.3 is 0 Å². The fourth-order valence-electron chi connectivity index (χ4n) is 2.80. The summed E-state index contributed by atoms with van der Waals surface area (Å²) in [6.07, 6.45) is 3.29. The molecule has 3 aromatic rings. The normalized spacial score (nSPS) is 11.1. The quantitative estimate of drug-likeness (QED) is 0.739. The van der Waals surface area contributed by atoms with Crippen LogP contribution in [0.15, 0.2) is 53.3 Å². The van der Waals surface area contributed by atoms with Gasteiger partial charge in [0.15, 0.2) is 0 Å². The lowest BCUT2D eigenvalue weighted by Crippen LogP contribution is -2.23. The lowest BCUT2D eigenvalue weighted by molar-refractivity contribution is 0.511. The number of benzene rings is 2. The van der Waals surface area contributed by atoms with Crippen LogP contribution in [0.5, 0.6) is 0 Å². The number of pyridine rings is 1. The number of aromatic nitrogens is 1. The van der Waals surface area contributed by atoms with Crippen molar-refractivity contribution in [1.29, 1.82) is 0 Å². The Morgan fingerprint density at radius 1 is 1.17 bits per heavy atom. The summed E-state index contributed by atoms with van der Waals surface area (Å²) >= 11 is 5.08. The molecule has 0 amide bonds. The van der Waals surface area contributed by atoms with Gasteiger partial charge in [-0.2, -0.15) is 0 Å². The van der Waals surface area contributed by atoms with Gasteiger partial charge in [-0.15, -0.1) is 0 Å². The summed E-state index contributed by atoms with van der Waals surface area (Å²) in [5.41, 5.74) is 8.39. The molecule has 0 atom stereocenters. The van der Waals surface area contributed by atoms with Crippen LogP contribution in [0.4, 0.5) is 0 Å². The molecule has 0 aliphatic carbocycles. The van der Waals surface area contributed by atoms with Crippen molar-refractivity contribution in [3.63, 3.8) is 0 Å². The Morgan fingerprint density at radius 2 is 1.88 bits per heavy atom. The minimum Gasteiger partial charge on any atom is -0.389 e. The van der Waals surface area contributed by atoms with Crippen molar-refractivity contribution in [2.24, 2.45) is 11.7 Å². The van der Waals surface area contributed by atoms with Crippen LogP contribution in [-0.4, -0.2) is 9.56 Å². The van der Waals surface area contributed by atoms with Gasteiger partial charge in [0, 0.05) is 23.1 Å². The summed E-state index contributed by atoms with van der Waals surface area (Å²) in [4.78, 5) is 13.1. The van der Waals surface area contributed by atoms with Gasteiger partial charge < -0.3 is 10.3 Å². The highest BCUT2D eigenvalue weighted by atomic mass is 32.1. The molecule has 0 spiro atoms. The van der Waals surface area contributed by atoms with Crippen molar-refractivity contribution in [3.8, 4) is 11.1 Å². The zero-order chi connectivity index (χ0) is 17.3. The summed E-state index contributed by atoms with van der Waals surface area (Å²) in [5, 5.41) is 1.49. The molecule has 121 valence electrons. The van der Waals surface area contributed by atoms with Crippen molar-refractivity contribution in [1.82, 2.24) is 4.57 Å². The molecule has 0 saturated heterocycles. The highest BCUT2D eigenvalue weighted by molar-refractivity contribution is 7.80. The van der Waals surface area contributed by atoms with Crippen molar-refractivity contribution >= 4 is 28.0 Å². The van der Waals surface area contributed by atoms with Gasteiger partial charge in [-0.1, -0.05) is 62.5 Å². The number of thiocarbonyl (C=S) groups is 1. The maximum atomic E-state index is 12.8. The van der Waals surface area contributed by atoms with E-state index in [1.807, 2.05) is 42.5 Å². The lowest BCUT2D eigenvalue weighted by atomic mass is 9.98. The average molecular weight is 335 g/mol. The smallest absolute Gasteiger partial charge is 0.258 e. The lowest BCUT2D eigenvalue weighted by Gasteiger charge is -2.14. The van der Waals surface area contributed by atoms with E-state index in [0.29, 0.717) is 22.8 Å². The van der Waals surface area contributed by atoms with E-state index in [1.54, 1.807) is 10.6 Å². The molecule has 0 unspecified atom stereocenters. The predicted octanol–water partition coefficient (Wildman–Crippen LogP) is 3.76. The number of nitrogens with zero attached hydrogens (tertiary/aromatic N) is 1. The Balaban J connectivity index is 2.37. The Morgan fingerprint density at radius 3 is 2.50 bits per heavy atom. The standard InChI is InChI=1S/C20H19N2OS/c1-13(2)11-22-12-18(14-6-4-3-5-7-14)17-10-15(19(21)24)8-9-16(17)20(22)23/h3-10,13H,11H2,1-2H3,(H2,21,24). The zero-order valence-electron chi connectivity index (χ0n) is 13.7. The molecule has 0 bridgehead atoms. The van der Waals surface area contributed by atoms with Gasteiger partial charge in [-0.25, -0.2) is 0 Å². The highest BCUT2D eigenvalue weighted by Gasteiger charge is 2.13. The van der Waals surface area contributed by atoms with Crippen LogP contribution in [0.2, 0.25) is 0 Å². The number of rotatable bonds is 4. The molecule has 4 heteroatoms. The minimum absolute atomic E-state index is 0.0344. The largest absolute Gasteiger partial charge is 0.389 e. The van der Waals surface area contributed by atoms with E-state index >= 15 is 0 Å². The van der Waals surface area contributed by atoms with Crippen LogP contribution in [-0.2, 0) is 6.54 Å². The van der Waals surface area contributed by atoms with E-state index < -0.39 is 0 Å². The van der Waals surface area contributed by atoms with Crippen molar-refractivity contribution in [2.45, 2.75) is 20.4 Å². The first kappa shape index (κ1) is 16.4. The highest BCUT2D eigenvalue weighted by Crippen LogP contribution is 2.27. The molecule has 3 nitrogen and oxygen atoms in total. The van der Waals surface area contributed by atoms with E-state index in [1.165, 1.54) is 0 Å². The second-order valence-electron chi connectivity index (χ2n) is 6.29. The van der Waals surface area contributed by atoms with Gasteiger partial charge in [0.05, 0.1) is 6.20 Å². The fraction of sp³-hybridized carbons (Fsp3) is 0.200. The van der Waals surface area contributed by atoms with E-state index in [0.717, 1.165) is 22.1 Å². The van der Waals surface area contributed by atoms with Crippen molar-refractivity contribution in [2.75, 3.05) is 0 Å². The monoisotopic (exact) mass is 335 g/mol. The first-order valence-electron chi connectivity index (χ1n) is 7.92. The van der Waals surface area contributed by atoms with Crippen LogP contribution >= 0.6 is 12.2 Å². The third-order valence-electron chi connectivity index (χ3n) is 3.91. The van der Waals surface area contributed by atoms with Crippen LogP contribution in [0.25, 0.3) is 21.9 Å². The molecule has 2 aromatic carbocycles. The Bertz CT molecular complexity index is 959. The molecule has 0 fully saturated rings. The number of hydrogen-bond acceptors (Lipinski definition) is 2. The van der Waals surface area contributed by atoms with E-state index in [9.17, 15) is 4.79 Å². The number of hydrogen-bond donors (Lipinski definition) is 1. The maximum absolute atomic E-state index is 12.8. The van der Waals surface area contributed by atoms with E-state index in [2.05, 4.69) is 20.0 Å². The van der Waals surface area contributed by atoms with Crippen molar-refractivity contribution in [3.05, 3.63) is 70.6 Å². The fourth-order valence-corrected chi connectivity index (χ4v) is 2.93. The van der Waals surface area contributed by atoms with E-state index in [4.69, 9.17) is 18.0 Å². The zero-order valence-corrected chi connectivity index (χ0v) is 14.6. The molecule has 0 saturated carbocycles. The maximum Gasteiger partial charge on any atom is 0.258 e. The second kappa shape index (κ2) is 6.57. The molecular weight excluding hydrogens is 316 g/mol. The van der Waals surface area contributed by atoms with E-state index in [-0.39, 0.29) is 5.56 Å². The Labute approximate surface area is 146 Å². The van der Waals surface area contributed by atoms with Crippen LogP contribution in [0.1, 0.15) is 19.4 Å². The third kappa shape index (κ3) is 3.10. The molecule has 0 aliphatic heterocycles. The molecule has 1 heterocycles. The second-order valence-corrected chi connectivity index (χ2v) is 6.73. The average Bonchev–Trinajstić information content (AvgIpc) is 2.57. The van der Waals surface area contributed by atoms with Crippen LogP contribution < -0.4 is 11.3 Å². The van der Waals surface area contributed by atoms with Gasteiger partial charge in [-0.3, -0.25) is 4.79 Å². The summed E-state index contributed by atoms with van der Waals surface area (Å²) in [6.45, 7) is 4.80. The number of fused-ring (bicyclic) bond motifs is 1. The molecule has 1 radical (unpaired) electrons. The topological polar surface area (TPSA) is 48.0 Å². The summed E-state index contributed by atoms with van der Waals surface area (Å²) < 4.78 is 1.68. The molecule has 0 aliphatic rings. The van der Waals surface area contributed by atoms with Gasteiger partial charge in [0.2, 0.25) is 0 Å². The van der Waals surface area contributed by atoms with Crippen LogP contribution in [0.3, 0.4) is 0 Å². The van der Waals surface area contributed by atoms with Gasteiger partial charge in [-0.05, 0) is 29.0 Å². The minimum atomic E-state index is -0.0344. The van der Waals surface area contributed by atoms with Gasteiger partial charge in [0.1, 0.15) is 4.99 Å². The first-order chi connectivity index (χ1) is 11.5. The summed E-state index contributed by atoms with van der Waals surface area (Å²) in [6, 6.07) is 15.5. The third-order valence-corrected chi connectivity index (χ3v) is 4.14. The number of nitrogens with two attached hydrogens (primary N) is 1. The predicted molar refractivity (Wildman–Crippen MR) is 103 cm³/mol. The van der Waals surface area contributed by atoms with Crippen molar-refractivity contribution < 1.29 is 0 Å². The molecular formula is C20H19N2OS. The molecule has 1 aromatic heterocycles. The Hall–Kier alpha value is -2.46. The Kier molecular flexibility index (Phi) is 4.49. The first-order valence-corrected chi connectivity index (χ1v) is 8.33. The van der Waals surface area contributed by atoms with Gasteiger partial charge in [0.25, 0.3) is 5.56 Å².